The van der Waals surface area contributed by atoms with Gasteiger partial charge in [0, 0.05) is 32.5 Å². The third kappa shape index (κ3) is 4.07. The molecule has 2 heterocycles. The van der Waals surface area contributed by atoms with Crippen molar-refractivity contribution in [1.82, 2.24) is 9.80 Å². The summed E-state index contributed by atoms with van der Waals surface area (Å²) in [5.41, 5.74) is -0.242. The minimum Gasteiger partial charge on any atom is -0.464 e. The van der Waals surface area contributed by atoms with E-state index in [-0.39, 0.29) is 31.4 Å². The zero-order valence-electron chi connectivity index (χ0n) is 15.4. The lowest BCUT2D eigenvalue weighted by Gasteiger charge is -2.38. The SMILES string of the molecule is CCOC(=O)C1(O)CCN(C(=O)C2CCCN2Cc2ccccc2)CC1. The molecule has 1 atom stereocenters. The summed E-state index contributed by atoms with van der Waals surface area (Å²) in [4.78, 5) is 29.0. The summed E-state index contributed by atoms with van der Waals surface area (Å²) in [5, 5.41) is 10.5. The normalized spacial score (nSPS) is 23.0. The fourth-order valence-electron chi connectivity index (χ4n) is 3.89. The van der Waals surface area contributed by atoms with Gasteiger partial charge in [0.2, 0.25) is 5.91 Å². The van der Waals surface area contributed by atoms with Gasteiger partial charge >= 0.3 is 5.97 Å². The zero-order chi connectivity index (χ0) is 18.6. The standard InChI is InChI=1S/C20H28N2O4/c1-2-26-19(24)20(25)10-13-21(14-11-20)18(23)17-9-6-12-22(17)15-16-7-4-3-5-8-16/h3-5,7-8,17,25H,2,6,9-15H2,1H3. The van der Waals surface area contributed by atoms with Crippen molar-refractivity contribution in [1.29, 1.82) is 0 Å². The molecule has 1 unspecified atom stereocenters. The van der Waals surface area contributed by atoms with Gasteiger partial charge in [0.25, 0.3) is 0 Å². The number of carbonyl (C=O) groups excluding carboxylic acids is 2. The minimum absolute atomic E-state index is 0.107. The van der Waals surface area contributed by atoms with Gasteiger partial charge in [-0.25, -0.2) is 4.79 Å². The number of aliphatic hydroxyl groups is 1. The van der Waals surface area contributed by atoms with Gasteiger partial charge in [0.1, 0.15) is 0 Å². The Morgan fingerprint density at radius 1 is 1.19 bits per heavy atom. The van der Waals surface area contributed by atoms with Crippen LogP contribution in [-0.2, 0) is 20.9 Å². The molecule has 0 saturated carbocycles. The van der Waals surface area contributed by atoms with E-state index < -0.39 is 11.6 Å². The van der Waals surface area contributed by atoms with Crippen LogP contribution in [-0.4, -0.2) is 64.7 Å². The Morgan fingerprint density at radius 3 is 2.54 bits per heavy atom. The van der Waals surface area contributed by atoms with Crippen molar-refractivity contribution in [3.05, 3.63) is 35.9 Å². The molecular weight excluding hydrogens is 332 g/mol. The lowest BCUT2D eigenvalue weighted by molar-refractivity contribution is -0.171. The Bertz CT molecular complexity index is 626. The highest BCUT2D eigenvalue weighted by Crippen LogP contribution is 2.27. The van der Waals surface area contributed by atoms with Gasteiger partial charge in [-0.05, 0) is 31.9 Å². The quantitative estimate of drug-likeness (QED) is 0.807. The van der Waals surface area contributed by atoms with Crippen LogP contribution >= 0.6 is 0 Å². The molecule has 1 N–H and O–H groups in total. The first kappa shape index (κ1) is 18.9. The van der Waals surface area contributed by atoms with Crippen LogP contribution in [0.15, 0.2) is 30.3 Å². The van der Waals surface area contributed by atoms with E-state index in [2.05, 4.69) is 17.0 Å². The third-order valence-electron chi connectivity index (χ3n) is 5.43. The number of hydrogen-bond acceptors (Lipinski definition) is 5. The zero-order valence-corrected chi connectivity index (χ0v) is 15.4. The van der Waals surface area contributed by atoms with E-state index in [0.717, 1.165) is 25.9 Å². The Hall–Kier alpha value is -1.92. The molecule has 0 aliphatic carbocycles. The van der Waals surface area contributed by atoms with Crippen molar-refractivity contribution < 1.29 is 19.4 Å². The number of hydrogen-bond donors (Lipinski definition) is 1. The largest absolute Gasteiger partial charge is 0.464 e. The second-order valence-corrected chi connectivity index (χ2v) is 7.19. The number of amides is 1. The van der Waals surface area contributed by atoms with Crippen LogP contribution in [0, 0.1) is 0 Å². The molecule has 0 radical (unpaired) electrons. The van der Waals surface area contributed by atoms with E-state index in [1.165, 1.54) is 5.56 Å². The van der Waals surface area contributed by atoms with E-state index in [4.69, 9.17) is 4.74 Å². The lowest BCUT2D eigenvalue weighted by Crippen LogP contribution is -2.54. The summed E-state index contributed by atoms with van der Waals surface area (Å²) in [5.74, 6) is -0.456. The van der Waals surface area contributed by atoms with Gasteiger partial charge in [-0.2, -0.15) is 0 Å². The Morgan fingerprint density at radius 2 is 1.88 bits per heavy atom. The molecule has 142 valence electrons. The van der Waals surface area contributed by atoms with Crippen LogP contribution in [0.25, 0.3) is 0 Å². The molecule has 1 aromatic carbocycles. The van der Waals surface area contributed by atoms with Gasteiger partial charge in [0.05, 0.1) is 12.6 Å². The molecule has 0 bridgehead atoms. The number of likely N-dealkylation sites (tertiary alicyclic amines) is 2. The first-order chi connectivity index (χ1) is 12.5. The molecule has 0 aromatic heterocycles. The highest BCUT2D eigenvalue weighted by atomic mass is 16.5. The average Bonchev–Trinajstić information content (AvgIpc) is 3.11. The Labute approximate surface area is 154 Å². The van der Waals surface area contributed by atoms with Crippen molar-refractivity contribution in [3.63, 3.8) is 0 Å². The monoisotopic (exact) mass is 360 g/mol. The van der Waals surface area contributed by atoms with Crippen LogP contribution in [0.3, 0.4) is 0 Å². The topological polar surface area (TPSA) is 70.1 Å². The number of nitrogens with zero attached hydrogens (tertiary/aromatic N) is 2. The van der Waals surface area contributed by atoms with E-state index in [1.54, 1.807) is 11.8 Å². The smallest absolute Gasteiger partial charge is 0.338 e. The predicted molar refractivity (Wildman–Crippen MR) is 97.3 cm³/mol. The van der Waals surface area contributed by atoms with Crippen LogP contribution in [0.4, 0.5) is 0 Å². The second-order valence-electron chi connectivity index (χ2n) is 7.19. The van der Waals surface area contributed by atoms with Crippen molar-refractivity contribution in [2.24, 2.45) is 0 Å². The van der Waals surface area contributed by atoms with Crippen molar-refractivity contribution in [3.8, 4) is 0 Å². The highest BCUT2D eigenvalue weighted by molar-refractivity contribution is 5.83. The third-order valence-corrected chi connectivity index (χ3v) is 5.43. The van der Waals surface area contributed by atoms with E-state index in [1.807, 2.05) is 18.2 Å². The Kier molecular flexibility index (Phi) is 5.94. The number of carbonyl (C=O) groups is 2. The molecule has 3 rings (SSSR count). The summed E-state index contributed by atoms with van der Waals surface area (Å²) in [6.07, 6.45) is 2.36. The van der Waals surface area contributed by atoms with Crippen LogP contribution in [0.5, 0.6) is 0 Å². The van der Waals surface area contributed by atoms with E-state index >= 15 is 0 Å². The molecule has 1 aromatic rings. The molecule has 1 amide bonds. The summed E-state index contributed by atoms with van der Waals surface area (Å²) in [7, 11) is 0. The predicted octanol–water partition coefficient (Wildman–Crippen LogP) is 1.57. The molecular formula is C20H28N2O4. The van der Waals surface area contributed by atoms with Crippen molar-refractivity contribution in [2.75, 3.05) is 26.2 Å². The Balaban J connectivity index is 1.58. The number of esters is 1. The summed E-state index contributed by atoms with van der Waals surface area (Å²) in [6.45, 7) is 4.46. The maximum Gasteiger partial charge on any atom is 0.338 e. The maximum atomic E-state index is 13.0. The van der Waals surface area contributed by atoms with Crippen molar-refractivity contribution >= 4 is 11.9 Å². The van der Waals surface area contributed by atoms with Gasteiger partial charge in [-0.3, -0.25) is 9.69 Å². The van der Waals surface area contributed by atoms with Crippen molar-refractivity contribution in [2.45, 2.75) is 50.8 Å². The molecule has 2 aliphatic rings. The molecule has 0 spiro atoms. The lowest BCUT2D eigenvalue weighted by atomic mass is 9.91. The second kappa shape index (κ2) is 8.18. The molecule has 2 fully saturated rings. The molecule has 26 heavy (non-hydrogen) atoms. The molecule has 6 nitrogen and oxygen atoms in total. The summed E-state index contributed by atoms with van der Waals surface area (Å²) in [6, 6.07) is 10.1. The van der Waals surface area contributed by atoms with Crippen LogP contribution in [0.1, 0.15) is 38.2 Å². The number of rotatable bonds is 5. The van der Waals surface area contributed by atoms with Crippen LogP contribution in [0.2, 0.25) is 0 Å². The minimum atomic E-state index is -1.45. The fourth-order valence-corrected chi connectivity index (χ4v) is 3.89. The molecule has 2 saturated heterocycles. The maximum absolute atomic E-state index is 13.0. The number of ether oxygens (including phenoxy) is 1. The van der Waals surface area contributed by atoms with E-state index in [9.17, 15) is 14.7 Å². The summed E-state index contributed by atoms with van der Waals surface area (Å²) < 4.78 is 4.96. The fraction of sp³-hybridized carbons (Fsp3) is 0.600. The first-order valence-corrected chi connectivity index (χ1v) is 9.50. The average molecular weight is 360 g/mol. The summed E-state index contributed by atoms with van der Waals surface area (Å²) >= 11 is 0. The van der Waals surface area contributed by atoms with Gasteiger partial charge in [0.15, 0.2) is 5.60 Å². The van der Waals surface area contributed by atoms with E-state index in [0.29, 0.717) is 13.1 Å². The molecule has 6 heteroatoms. The molecule has 2 aliphatic heterocycles. The highest BCUT2D eigenvalue weighted by Gasteiger charge is 2.43. The van der Waals surface area contributed by atoms with Gasteiger partial charge < -0.3 is 14.7 Å². The number of piperidine rings is 1. The van der Waals surface area contributed by atoms with Gasteiger partial charge in [-0.15, -0.1) is 0 Å². The first-order valence-electron chi connectivity index (χ1n) is 9.50. The van der Waals surface area contributed by atoms with Crippen LogP contribution < -0.4 is 0 Å². The number of benzene rings is 1. The van der Waals surface area contributed by atoms with Gasteiger partial charge in [-0.1, -0.05) is 30.3 Å².